The second-order valence-corrected chi connectivity index (χ2v) is 6.77. The molecule has 3 rings (SSSR count). The molecule has 1 unspecified atom stereocenters. The van der Waals surface area contributed by atoms with Crippen molar-refractivity contribution in [2.45, 2.75) is 30.7 Å². The summed E-state index contributed by atoms with van der Waals surface area (Å²) in [5.41, 5.74) is -0.835. The molecule has 0 aromatic heterocycles. The average Bonchev–Trinajstić information content (AvgIpc) is 2.71. The molecular formula is C22H20F4O3. The van der Waals surface area contributed by atoms with Gasteiger partial charge in [0.2, 0.25) is 0 Å². The van der Waals surface area contributed by atoms with Crippen LogP contribution < -0.4 is 4.74 Å². The summed E-state index contributed by atoms with van der Waals surface area (Å²) in [6.45, 7) is 0.940. The van der Waals surface area contributed by atoms with E-state index >= 15 is 0 Å². The highest BCUT2D eigenvalue weighted by Gasteiger charge is 2.35. The van der Waals surface area contributed by atoms with Crippen LogP contribution in [0.15, 0.2) is 42.5 Å². The van der Waals surface area contributed by atoms with Gasteiger partial charge >= 0.3 is 6.18 Å². The molecule has 1 aliphatic rings. The van der Waals surface area contributed by atoms with Gasteiger partial charge in [-0.3, -0.25) is 0 Å². The Hall–Kier alpha value is -2.56. The van der Waals surface area contributed by atoms with Crippen molar-refractivity contribution in [3.63, 3.8) is 0 Å². The molecule has 154 valence electrons. The predicted octanol–water partition coefficient (Wildman–Crippen LogP) is 5.25. The molecule has 0 bridgehead atoms. The number of benzene rings is 2. The molecule has 2 aromatic rings. The Balaban J connectivity index is 1.91. The Morgan fingerprint density at radius 3 is 2.48 bits per heavy atom. The number of halogens is 4. The zero-order valence-electron chi connectivity index (χ0n) is 15.8. The van der Waals surface area contributed by atoms with Crippen molar-refractivity contribution in [3.8, 4) is 18.1 Å². The molecule has 0 spiro atoms. The third kappa shape index (κ3) is 4.72. The van der Waals surface area contributed by atoms with E-state index in [9.17, 15) is 17.6 Å². The van der Waals surface area contributed by atoms with E-state index < -0.39 is 29.3 Å². The van der Waals surface area contributed by atoms with Crippen LogP contribution in [-0.2, 0) is 21.3 Å². The summed E-state index contributed by atoms with van der Waals surface area (Å²) >= 11 is 0. The van der Waals surface area contributed by atoms with Crippen LogP contribution in [0, 0.1) is 18.2 Å². The molecule has 0 amide bonds. The lowest BCUT2D eigenvalue weighted by molar-refractivity contribution is -0.137. The molecule has 1 heterocycles. The second kappa shape index (κ2) is 8.44. The van der Waals surface area contributed by atoms with Crippen LogP contribution in [0.3, 0.4) is 0 Å². The van der Waals surface area contributed by atoms with E-state index in [-0.39, 0.29) is 11.3 Å². The van der Waals surface area contributed by atoms with Crippen LogP contribution in [0.25, 0.3) is 0 Å². The van der Waals surface area contributed by atoms with Crippen LogP contribution in [-0.4, -0.2) is 20.3 Å². The number of ether oxygens (including phenoxy) is 3. The maximum absolute atomic E-state index is 14.3. The minimum atomic E-state index is -4.50. The third-order valence-electron chi connectivity index (χ3n) is 5.01. The highest BCUT2D eigenvalue weighted by Crippen LogP contribution is 2.38. The van der Waals surface area contributed by atoms with Gasteiger partial charge in [-0.1, -0.05) is 18.1 Å². The maximum atomic E-state index is 14.3. The number of hydrogen-bond acceptors (Lipinski definition) is 3. The minimum Gasteiger partial charge on any atom is -0.473 e. The number of alkyl halides is 3. The molecular weight excluding hydrogens is 388 g/mol. The summed E-state index contributed by atoms with van der Waals surface area (Å²) in [5, 5.41) is 0. The summed E-state index contributed by atoms with van der Waals surface area (Å²) in [6, 6.07) is 8.68. The smallest absolute Gasteiger partial charge is 0.416 e. The van der Waals surface area contributed by atoms with Crippen molar-refractivity contribution in [1.29, 1.82) is 0 Å². The van der Waals surface area contributed by atoms with Crippen molar-refractivity contribution < 1.29 is 31.8 Å². The first-order valence-electron chi connectivity index (χ1n) is 9.01. The molecule has 0 saturated carbocycles. The fourth-order valence-electron chi connectivity index (χ4n) is 3.42. The van der Waals surface area contributed by atoms with Crippen molar-refractivity contribution >= 4 is 0 Å². The largest absolute Gasteiger partial charge is 0.473 e. The van der Waals surface area contributed by atoms with Crippen LogP contribution in [0.5, 0.6) is 5.75 Å². The normalized spacial score (nSPS) is 17.4. The fraction of sp³-hybridized carbons (Fsp3) is 0.364. The number of terminal acetylenes is 1. The van der Waals surface area contributed by atoms with E-state index in [0.717, 1.165) is 18.2 Å². The topological polar surface area (TPSA) is 27.7 Å². The van der Waals surface area contributed by atoms with Gasteiger partial charge in [-0.15, -0.1) is 6.42 Å². The minimum absolute atomic E-state index is 0.114. The Morgan fingerprint density at radius 1 is 1.14 bits per heavy atom. The molecule has 29 heavy (non-hydrogen) atoms. The predicted molar refractivity (Wildman–Crippen MR) is 98.8 cm³/mol. The number of methoxy groups -OCH3 is 1. The molecule has 1 aliphatic heterocycles. The maximum Gasteiger partial charge on any atom is 0.416 e. The van der Waals surface area contributed by atoms with E-state index in [2.05, 4.69) is 5.92 Å². The zero-order valence-corrected chi connectivity index (χ0v) is 15.8. The van der Waals surface area contributed by atoms with Gasteiger partial charge in [-0.2, -0.15) is 13.2 Å². The standard InChI is InChI=1S/C22H20F4O3/c1-3-20(15-5-4-6-16(11-15)22(24,25)26)29-19-13-17(12-18(23)14-19)21(27-2)7-9-28-10-8-21/h1,4-6,11-14,20H,7-10H2,2H3. The van der Waals surface area contributed by atoms with Crippen LogP contribution in [0.4, 0.5) is 17.6 Å². The Labute approximate surface area is 166 Å². The van der Waals surface area contributed by atoms with E-state index in [4.69, 9.17) is 20.6 Å². The van der Waals surface area contributed by atoms with Gasteiger partial charge in [0, 0.05) is 44.8 Å². The quantitative estimate of drug-likeness (QED) is 0.500. The SMILES string of the molecule is C#CC(Oc1cc(F)cc(C2(OC)CCOCC2)c1)c1cccc(C(F)(F)F)c1. The first kappa shape index (κ1) is 21.2. The van der Waals surface area contributed by atoms with Crippen LogP contribution in [0.2, 0.25) is 0 Å². The van der Waals surface area contributed by atoms with E-state index in [1.165, 1.54) is 18.2 Å². The highest BCUT2D eigenvalue weighted by atomic mass is 19.4. The number of rotatable bonds is 5. The molecule has 0 N–H and O–H groups in total. The highest BCUT2D eigenvalue weighted by molar-refractivity contribution is 5.37. The van der Waals surface area contributed by atoms with Gasteiger partial charge < -0.3 is 14.2 Å². The molecule has 1 fully saturated rings. The summed E-state index contributed by atoms with van der Waals surface area (Å²) in [4.78, 5) is 0. The number of hydrogen-bond donors (Lipinski definition) is 0. The van der Waals surface area contributed by atoms with Crippen LogP contribution >= 0.6 is 0 Å². The molecule has 7 heteroatoms. The lowest BCUT2D eigenvalue weighted by Gasteiger charge is -2.36. The first-order valence-corrected chi connectivity index (χ1v) is 9.01. The molecule has 1 saturated heterocycles. The fourth-order valence-corrected chi connectivity index (χ4v) is 3.42. The molecule has 2 aromatic carbocycles. The van der Waals surface area contributed by atoms with Gasteiger partial charge in [0.05, 0.1) is 11.2 Å². The van der Waals surface area contributed by atoms with Gasteiger partial charge in [0.25, 0.3) is 0 Å². The van der Waals surface area contributed by atoms with Crippen molar-refractivity contribution in [1.82, 2.24) is 0 Å². The van der Waals surface area contributed by atoms with Gasteiger partial charge in [-0.25, -0.2) is 4.39 Å². The first-order chi connectivity index (χ1) is 13.8. The summed E-state index contributed by atoms with van der Waals surface area (Å²) in [6.07, 6.45) is 0.956. The Bertz CT molecular complexity index is 896. The van der Waals surface area contributed by atoms with Crippen LogP contribution in [0.1, 0.15) is 35.6 Å². The van der Waals surface area contributed by atoms with Gasteiger partial charge in [0.1, 0.15) is 11.6 Å². The molecule has 1 atom stereocenters. The second-order valence-electron chi connectivity index (χ2n) is 6.77. The lowest BCUT2D eigenvalue weighted by Crippen LogP contribution is -2.35. The third-order valence-corrected chi connectivity index (χ3v) is 5.01. The monoisotopic (exact) mass is 408 g/mol. The average molecular weight is 408 g/mol. The summed E-state index contributed by atoms with van der Waals surface area (Å²) < 4.78 is 70.0. The van der Waals surface area contributed by atoms with E-state index in [0.29, 0.717) is 31.6 Å². The molecule has 0 radical (unpaired) electrons. The Morgan fingerprint density at radius 2 is 1.86 bits per heavy atom. The van der Waals surface area contributed by atoms with Gasteiger partial charge in [0.15, 0.2) is 6.10 Å². The Kier molecular flexibility index (Phi) is 6.15. The molecule has 3 nitrogen and oxygen atoms in total. The van der Waals surface area contributed by atoms with Gasteiger partial charge in [-0.05, 0) is 29.8 Å². The van der Waals surface area contributed by atoms with Crippen molar-refractivity contribution in [3.05, 3.63) is 65.0 Å². The van der Waals surface area contributed by atoms with E-state index in [1.54, 1.807) is 13.2 Å². The lowest BCUT2D eigenvalue weighted by atomic mass is 9.86. The van der Waals surface area contributed by atoms with Crippen molar-refractivity contribution in [2.75, 3.05) is 20.3 Å². The van der Waals surface area contributed by atoms with E-state index in [1.807, 2.05) is 0 Å². The summed E-state index contributed by atoms with van der Waals surface area (Å²) in [7, 11) is 1.55. The zero-order chi connectivity index (χ0) is 21.1. The summed E-state index contributed by atoms with van der Waals surface area (Å²) in [5.74, 6) is 1.88. The van der Waals surface area contributed by atoms with Crippen molar-refractivity contribution in [2.24, 2.45) is 0 Å². The molecule has 0 aliphatic carbocycles.